The van der Waals surface area contributed by atoms with Gasteiger partial charge in [0.15, 0.2) is 0 Å². The Morgan fingerprint density at radius 2 is 0.737 bits per heavy atom. The molecule has 0 radical (unpaired) electrons. The van der Waals surface area contributed by atoms with Crippen molar-refractivity contribution in [1.82, 2.24) is 0 Å². The van der Waals surface area contributed by atoms with Crippen LogP contribution >= 0.6 is 46.4 Å². The molecule has 2 aromatic carbocycles. The van der Waals surface area contributed by atoms with E-state index in [0.29, 0.717) is 11.1 Å². The summed E-state index contributed by atoms with van der Waals surface area (Å²) in [6.45, 7) is 11.8. The van der Waals surface area contributed by atoms with Crippen LogP contribution in [0.15, 0.2) is 48.5 Å². The van der Waals surface area contributed by atoms with Crippen LogP contribution in [0.25, 0.3) is 0 Å². The van der Waals surface area contributed by atoms with Crippen LogP contribution in [0.4, 0.5) is 26.3 Å². The van der Waals surface area contributed by atoms with Crippen LogP contribution in [0.5, 0.6) is 0 Å². The van der Waals surface area contributed by atoms with Gasteiger partial charge in [0.2, 0.25) is 8.67 Å². The number of hydrogen-bond donors (Lipinski definition) is 0. The summed E-state index contributed by atoms with van der Waals surface area (Å²) in [6.07, 6.45) is -11.9. The Balaban J connectivity index is 2.76. The number of benzene rings is 2. The second kappa shape index (κ2) is 11.2. The van der Waals surface area contributed by atoms with Crippen molar-refractivity contribution in [3.8, 4) is 0 Å². The van der Waals surface area contributed by atoms with Gasteiger partial charge in [0.25, 0.3) is 0 Å². The van der Waals surface area contributed by atoms with Crippen LogP contribution in [0, 0.1) is 0 Å². The Kier molecular flexibility index (Phi) is 9.86. The number of alkyl halides is 10. The molecule has 2 aromatic rings. The highest BCUT2D eigenvalue weighted by atomic mass is 35.5. The highest BCUT2D eigenvalue weighted by Gasteiger charge is 2.57. The Morgan fingerprint density at radius 3 is 0.921 bits per heavy atom. The summed E-state index contributed by atoms with van der Waals surface area (Å²) in [7, 11) is 0. The third kappa shape index (κ3) is 8.11. The van der Waals surface area contributed by atoms with Gasteiger partial charge in [0.05, 0.1) is 0 Å². The molecule has 38 heavy (non-hydrogen) atoms. The first-order valence-corrected chi connectivity index (χ1v) is 13.5. The molecule has 2 unspecified atom stereocenters. The molecule has 0 amide bonds. The molecule has 0 saturated carbocycles. The average molecular weight is 624 g/mol. The van der Waals surface area contributed by atoms with Crippen LogP contribution in [0.2, 0.25) is 0 Å². The lowest BCUT2D eigenvalue weighted by Gasteiger charge is -2.37. The highest BCUT2D eigenvalue weighted by molar-refractivity contribution is 6.49. The molecule has 214 valence electrons. The van der Waals surface area contributed by atoms with E-state index in [0.717, 1.165) is 11.1 Å². The predicted octanol–water partition coefficient (Wildman–Crippen LogP) is 11.4. The minimum absolute atomic E-state index is 0.261. The van der Waals surface area contributed by atoms with Crippen LogP contribution in [0.1, 0.15) is 88.5 Å². The molecule has 0 aliphatic heterocycles. The maximum atomic E-state index is 13.8. The molecule has 0 aliphatic rings. The highest BCUT2D eigenvalue weighted by Crippen LogP contribution is 2.54. The zero-order valence-electron chi connectivity index (χ0n) is 22.0. The fourth-order valence-electron chi connectivity index (χ4n) is 4.23. The summed E-state index contributed by atoms with van der Waals surface area (Å²) in [5.74, 6) is -2.42. The Labute approximate surface area is 241 Å². The topological polar surface area (TPSA) is 0 Å². The third-order valence-electron chi connectivity index (χ3n) is 6.68. The SMILES string of the molecule is CC(C)(C)c1ccc(C(CC(Cl)(Cl)C(F)(F)F)C(CC(Cl)(Cl)C(F)(F)F)c2ccc(C(C)(C)C)cc2)cc1. The van der Waals surface area contributed by atoms with E-state index in [-0.39, 0.29) is 10.8 Å². The van der Waals surface area contributed by atoms with Gasteiger partial charge in [0.1, 0.15) is 0 Å². The third-order valence-corrected chi connectivity index (χ3v) is 8.15. The molecule has 0 fully saturated rings. The maximum Gasteiger partial charge on any atom is 0.421 e. The minimum Gasteiger partial charge on any atom is -0.168 e. The monoisotopic (exact) mass is 622 g/mol. The van der Waals surface area contributed by atoms with Gasteiger partial charge >= 0.3 is 12.4 Å². The lowest BCUT2D eigenvalue weighted by Crippen LogP contribution is -2.39. The summed E-state index contributed by atoms with van der Waals surface area (Å²) in [5, 5.41) is 0. The molecule has 10 heteroatoms. The van der Waals surface area contributed by atoms with Crippen molar-refractivity contribution in [3.63, 3.8) is 0 Å². The first kappa shape index (κ1) is 33.4. The van der Waals surface area contributed by atoms with Gasteiger partial charge < -0.3 is 0 Å². The lowest BCUT2D eigenvalue weighted by atomic mass is 9.74. The average Bonchev–Trinajstić information content (AvgIpc) is 2.73. The molecule has 0 N–H and O–H groups in total. The van der Waals surface area contributed by atoms with E-state index in [2.05, 4.69) is 0 Å². The molecule has 0 aliphatic carbocycles. The van der Waals surface area contributed by atoms with E-state index in [9.17, 15) is 26.3 Å². The molecule has 0 heterocycles. The Morgan fingerprint density at radius 1 is 0.500 bits per heavy atom. The van der Waals surface area contributed by atoms with Crippen molar-refractivity contribution in [3.05, 3.63) is 70.8 Å². The van der Waals surface area contributed by atoms with E-state index in [1.54, 1.807) is 48.5 Å². The van der Waals surface area contributed by atoms with Crippen molar-refractivity contribution in [2.24, 2.45) is 0 Å². The van der Waals surface area contributed by atoms with Crippen molar-refractivity contribution in [1.29, 1.82) is 0 Å². The molecule has 0 saturated heterocycles. The molecule has 2 rings (SSSR count). The van der Waals surface area contributed by atoms with Gasteiger partial charge in [-0.1, -0.05) is 136 Å². The molecular weight excluding hydrogens is 592 g/mol. The normalized spacial score (nSPS) is 15.9. The van der Waals surface area contributed by atoms with Crippen molar-refractivity contribution < 1.29 is 26.3 Å². The van der Waals surface area contributed by atoms with Gasteiger partial charge in [-0.05, 0) is 57.8 Å². The second-order valence-electron chi connectivity index (χ2n) is 11.8. The fourth-order valence-corrected chi connectivity index (χ4v) is 4.89. The first-order valence-electron chi connectivity index (χ1n) is 12.0. The van der Waals surface area contributed by atoms with Crippen molar-refractivity contribution in [2.75, 3.05) is 0 Å². The van der Waals surface area contributed by atoms with Gasteiger partial charge in [0, 0.05) is 0 Å². The molecule has 0 spiro atoms. The van der Waals surface area contributed by atoms with E-state index in [1.807, 2.05) is 41.5 Å². The van der Waals surface area contributed by atoms with Gasteiger partial charge in [-0.2, -0.15) is 26.3 Å². The lowest BCUT2D eigenvalue weighted by molar-refractivity contribution is -0.148. The van der Waals surface area contributed by atoms with Crippen LogP contribution in [-0.4, -0.2) is 21.0 Å². The first-order chi connectivity index (χ1) is 16.9. The number of hydrogen-bond acceptors (Lipinski definition) is 0. The van der Waals surface area contributed by atoms with Crippen LogP contribution in [-0.2, 0) is 10.8 Å². The fraction of sp³-hybridized carbons (Fsp3) is 0.571. The van der Waals surface area contributed by atoms with Crippen molar-refractivity contribution in [2.45, 2.75) is 98.1 Å². The summed E-state index contributed by atoms with van der Waals surface area (Å²) in [6, 6.07) is 13.3. The zero-order valence-corrected chi connectivity index (χ0v) is 25.0. The zero-order chi connectivity index (χ0) is 29.5. The molecule has 2 atom stereocenters. The molecular formula is C28H32Cl4F6. The standard InChI is InChI=1S/C28H32Cl4F6/c1-23(2,3)19-11-7-17(8-12-19)21(15-25(29,30)27(33,34)35)22(16-26(31,32)28(36,37)38)18-9-13-20(14-10-18)24(4,5)6/h7-14,21-22H,15-16H2,1-6H3. The van der Waals surface area contributed by atoms with E-state index in [4.69, 9.17) is 46.4 Å². The molecule has 0 aromatic heterocycles. The summed E-state index contributed by atoms with van der Waals surface area (Å²) >= 11 is 23.2. The summed E-state index contributed by atoms with van der Waals surface area (Å²) < 4.78 is 76.4. The van der Waals surface area contributed by atoms with Crippen LogP contribution < -0.4 is 0 Å². The predicted molar refractivity (Wildman–Crippen MR) is 146 cm³/mol. The smallest absolute Gasteiger partial charge is 0.168 e. The Bertz CT molecular complexity index is 970. The molecule has 0 bridgehead atoms. The Hall–Kier alpha value is -0.820. The number of halogens is 10. The van der Waals surface area contributed by atoms with E-state index >= 15 is 0 Å². The van der Waals surface area contributed by atoms with Gasteiger partial charge in [-0.3, -0.25) is 0 Å². The second-order valence-corrected chi connectivity index (χ2v) is 14.7. The van der Waals surface area contributed by atoms with Crippen LogP contribution in [0.3, 0.4) is 0 Å². The van der Waals surface area contributed by atoms with Gasteiger partial charge in [-0.25, -0.2) is 0 Å². The minimum atomic E-state index is -5.04. The molecule has 0 nitrogen and oxygen atoms in total. The van der Waals surface area contributed by atoms with Crippen molar-refractivity contribution >= 4 is 46.4 Å². The maximum absolute atomic E-state index is 13.8. The quantitative estimate of drug-likeness (QED) is 0.212. The van der Waals surface area contributed by atoms with E-state index in [1.165, 1.54) is 0 Å². The number of rotatable bonds is 7. The largest absolute Gasteiger partial charge is 0.421 e. The summed E-state index contributed by atoms with van der Waals surface area (Å²) in [4.78, 5) is 0. The van der Waals surface area contributed by atoms with Gasteiger partial charge in [-0.15, -0.1) is 0 Å². The summed E-state index contributed by atoms with van der Waals surface area (Å²) in [5.41, 5.74) is 1.94. The van der Waals surface area contributed by atoms with E-state index < -0.39 is 45.7 Å².